The summed E-state index contributed by atoms with van der Waals surface area (Å²) in [5, 5.41) is 4.14. The van der Waals surface area contributed by atoms with Gasteiger partial charge in [0.05, 0.1) is 9.77 Å². The lowest BCUT2D eigenvalue weighted by atomic mass is 10.1. The van der Waals surface area contributed by atoms with Gasteiger partial charge in [-0.1, -0.05) is 6.92 Å². The third-order valence-electron chi connectivity index (χ3n) is 3.50. The molecular weight excluding hydrogens is 348 g/mol. The number of ketones is 1. The third-order valence-corrected chi connectivity index (χ3v) is 6.49. The Kier molecular flexibility index (Phi) is 5.53. The van der Waals surface area contributed by atoms with E-state index >= 15 is 0 Å². The molecule has 0 unspecified atom stereocenters. The van der Waals surface area contributed by atoms with E-state index in [2.05, 4.69) is 5.32 Å². The molecule has 0 radical (unpaired) electrons. The van der Waals surface area contributed by atoms with Gasteiger partial charge in [-0.05, 0) is 37.3 Å². The number of anilines is 1. The lowest BCUT2D eigenvalue weighted by Gasteiger charge is -2.12. The van der Waals surface area contributed by atoms with Gasteiger partial charge in [-0.3, -0.25) is 9.59 Å². The summed E-state index contributed by atoms with van der Waals surface area (Å²) in [5.41, 5.74) is 1.09. The first-order valence-corrected chi connectivity index (χ1v) is 9.55. The largest absolute Gasteiger partial charge is 0.321 e. The van der Waals surface area contributed by atoms with Crippen molar-refractivity contribution in [3.8, 4) is 0 Å². The lowest BCUT2D eigenvalue weighted by molar-refractivity contribution is 0.101. The molecule has 0 saturated carbocycles. The standard InChI is InChI=1S/C16H18N2O4S2/c1-4-18(3)24(21,22)14-9-15(23-10-14)16(20)17-13-7-5-12(6-8-13)11(2)19/h5-10H,4H2,1-3H3,(H,17,20). The monoisotopic (exact) mass is 366 g/mol. The Morgan fingerprint density at radius 3 is 2.38 bits per heavy atom. The van der Waals surface area contributed by atoms with E-state index in [-0.39, 0.29) is 10.7 Å². The molecule has 8 heteroatoms. The number of hydrogen-bond acceptors (Lipinski definition) is 5. The summed E-state index contributed by atoms with van der Waals surface area (Å²) in [4.78, 5) is 23.9. The van der Waals surface area contributed by atoms with Crippen molar-refractivity contribution in [3.05, 3.63) is 46.2 Å². The Morgan fingerprint density at radius 1 is 1.21 bits per heavy atom. The molecule has 1 N–H and O–H groups in total. The minimum atomic E-state index is -3.56. The molecule has 0 aliphatic heterocycles. The van der Waals surface area contributed by atoms with Crippen molar-refractivity contribution < 1.29 is 18.0 Å². The predicted octanol–water partition coefficient (Wildman–Crippen LogP) is 2.84. The minimum Gasteiger partial charge on any atom is -0.321 e. The second-order valence-electron chi connectivity index (χ2n) is 5.15. The van der Waals surface area contributed by atoms with Crippen molar-refractivity contribution >= 4 is 38.7 Å². The van der Waals surface area contributed by atoms with Crippen molar-refractivity contribution in [3.63, 3.8) is 0 Å². The SMILES string of the molecule is CCN(C)S(=O)(=O)c1csc(C(=O)Nc2ccc(C(C)=O)cc2)c1. The zero-order valence-electron chi connectivity index (χ0n) is 13.6. The molecule has 1 heterocycles. The Balaban J connectivity index is 2.15. The fraction of sp³-hybridized carbons (Fsp3) is 0.250. The Morgan fingerprint density at radius 2 is 1.83 bits per heavy atom. The van der Waals surface area contributed by atoms with Crippen LogP contribution in [-0.2, 0) is 10.0 Å². The first-order chi connectivity index (χ1) is 11.3. The van der Waals surface area contributed by atoms with Gasteiger partial charge >= 0.3 is 0 Å². The maximum absolute atomic E-state index is 12.2. The number of benzene rings is 1. The van der Waals surface area contributed by atoms with E-state index in [1.807, 2.05) is 0 Å². The molecule has 0 spiro atoms. The second kappa shape index (κ2) is 7.25. The van der Waals surface area contributed by atoms with Gasteiger partial charge in [-0.2, -0.15) is 0 Å². The van der Waals surface area contributed by atoms with Crippen LogP contribution >= 0.6 is 11.3 Å². The number of carbonyl (C=O) groups excluding carboxylic acids is 2. The molecule has 1 amide bonds. The summed E-state index contributed by atoms with van der Waals surface area (Å²) in [6, 6.07) is 7.87. The highest BCUT2D eigenvalue weighted by Gasteiger charge is 2.22. The van der Waals surface area contributed by atoms with Crippen LogP contribution in [-0.4, -0.2) is 38.0 Å². The van der Waals surface area contributed by atoms with Crippen LogP contribution in [0.3, 0.4) is 0 Å². The number of thiophene rings is 1. The molecule has 0 aliphatic carbocycles. The molecule has 0 fully saturated rings. The zero-order chi connectivity index (χ0) is 17.9. The van der Waals surface area contributed by atoms with Gasteiger partial charge in [0.15, 0.2) is 5.78 Å². The van der Waals surface area contributed by atoms with Gasteiger partial charge in [-0.25, -0.2) is 12.7 Å². The summed E-state index contributed by atoms with van der Waals surface area (Å²) < 4.78 is 25.7. The molecule has 0 atom stereocenters. The van der Waals surface area contributed by atoms with Crippen LogP contribution in [0.25, 0.3) is 0 Å². The van der Waals surface area contributed by atoms with Gasteiger partial charge in [0.25, 0.3) is 5.91 Å². The molecule has 0 saturated heterocycles. The molecule has 128 valence electrons. The van der Waals surface area contributed by atoms with E-state index in [1.54, 1.807) is 31.2 Å². The molecule has 24 heavy (non-hydrogen) atoms. The highest BCUT2D eigenvalue weighted by Crippen LogP contribution is 2.23. The number of Topliss-reactive ketones (excluding diaryl/α,β-unsaturated/α-hetero) is 1. The maximum Gasteiger partial charge on any atom is 0.265 e. The van der Waals surface area contributed by atoms with Crippen LogP contribution in [0.4, 0.5) is 5.69 Å². The molecule has 6 nitrogen and oxygen atoms in total. The van der Waals surface area contributed by atoms with Crippen molar-refractivity contribution in [1.82, 2.24) is 4.31 Å². The summed E-state index contributed by atoms with van der Waals surface area (Å²) in [5.74, 6) is -0.447. The molecular formula is C16H18N2O4S2. The molecule has 2 rings (SSSR count). The van der Waals surface area contributed by atoms with Crippen molar-refractivity contribution in [2.24, 2.45) is 0 Å². The first-order valence-electron chi connectivity index (χ1n) is 7.23. The third kappa shape index (κ3) is 3.89. The quantitative estimate of drug-likeness (QED) is 0.797. The smallest absolute Gasteiger partial charge is 0.265 e. The second-order valence-corrected chi connectivity index (χ2v) is 8.11. The molecule has 1 aromatic carbocycles. The number of sulfonamides is 1. The van der Waals surface area contributed by atoms with E-state index in [1.165, 1.54) is 29.7 Å². The van der Waals surface area contributed by atoms with Crippen molar-refractivity contribution in [2.75, 3.05) is 18.9 Å². The fourth-order valence-electron chi connectivity index (χ4n) is 1.90. The maximum atomic E-state index is 12.2. The number of carbonyl (C=O) groups is 2. The Labute approximate surface area is 145 Å². The van der Waals surface area contributed by atoms with Crippen LogP contribution in [0.15, 0.2) is 40.6 Å². The number of nitrogens with zero attached hydrogens (tertiary/aromatic N) is 1. The predicted molar refractivity (Wildman–Crippen MR) is 94.2 cm³/mol. The fourth-order valence-corrected chi connectivity index (χ4v) is 4.24. The highest BCUT2D eigenvalue weighted by atomic mass is 32.2. The normalized spacial score (nSPS) is 11.5. The molecule has 0 aliphatic rings. The molecule has 1 aromatic heterocycles. The summed E-state index contributed by atoms with van der Waals surface area (Å²) in [6.07, 6.45) is 0. The van der Waals surface area contributed by atoms with Crippen molar-refractivity contribution in [2.45, 2.75) is 18.7 Å². The minimum absolute atomic E-state index is 0.0546. The van der Waals surface area contributed by atoms with Crippen LogP contribution in [0, 0.1) is 0 Å². The van der Waals surface area contributed by atoms with E-state index in [0.717, 1.165) is 11.3 Å². The van der Waals surface area contributed by atoms with Gasteiger partial charge in [0, 0.05) is 30.2 Å². The number of rotatable bonds is 6. The van der Waals surface area contributed by atoms with Gasteiger partial charge in [-0.15, -0.1) is 11.3 Å². The average Bonchev–Trinajstić information content (AvgIpc) is 3.05. The van der Waals surface area contributed by atoms with Crippen LogP contribution in [0.2, 0.25) is 0 Å². The van der Waals surface area contributed by atoms with Gasteiger partial charge in [0.2, 0.25) is 10.0 Å². The summed E-state index contributed by atoms with van der Waals surface area (Å²) in [6.45, 7) is 3.55. The van der Waals surface area contributed by atoms with E-state index in [0.29, 0.717) is 22.7 Å². The molecule has 0 bridgehead atoms. The van der Waals surface area contributed by atoms with E-state index in [4.69, 9.17) is 0 Å². The number of hydrogen-bond donors (Lipinski definition) is 1. The first kappa shape index (κ1) is 18.3. The van der Waals surface area contributed by atoms with Crippen molar-refractivity contribution in [1.29, 1.82) is 0 Å². The van der Waals surface area contributed by atoms with E-state index in [9.17, 15) is 18.0 Å². The average molecular weight is 366 g/mol. The Hall–Kier alpha value is -2.03. The zero-order valence-corrected chi connectivity index (χ0v) is 15.2. The van der Waals surface area contributed by atoms with E-state index < -0.39 is 15.9 Å². The van der Waals surface area contributed by atoms with Gasteiger partial charge in [0.1, 0.15) is 0 Å². The van der Waals surface area contributed by atoms with Gasteiger partial charge < -0.3 is 5.32 Å². The lowest BCUT2D eigenvalue weighted by Crippen LogP contribution is -2.26. The topological polar surface area (TPSA) is 83.6 Å². The van der Waals surface area contributed by atoms with Crippen LogP contribution < -0.4 is 5.32 Å². The summed E-state index contributed by atoms with van der Waals surface area (Å²) >= 11 is 1.07. The summed E-state index contributed by atoms with van der Waals surface area (Å²) in [7, 11) is -2.07. The van der Waals surface area contributed by atoms with Crippen LogP contribution in [0.5, 0.6) is 0 Å². The number of nitrogens with one attached hydrogen (secondary N) is 1. The van der Waals surface area contributed by atoms with Crippen LogP contribution in [0.1, 0.15) is 33.9 Å². The Bertz CT molecular complexity index is 854. The highest BCUT2D eigenvalue weighted by molar-refractivity contribution is 7.89. The number of amides is 1. The molecule has 2 aromatic rings.